The highest BCUT2D eigenvalue weighted by molar-refractivity contribution is 6.17. The topological polar surface area (TPSA) is 54.5 Å². The van der Waals surface area contributed by atoms with E-state index in [0.717, 1.165) is 4.90 Å². The monoisotopic (exact) mass is 167 g/mol. The van der Waals surface area contributed by atoms with E-state index in [2.05, 4.69) is 0 Å². The van der Waals surface area contributed by atoms with Gasteiger partial charge < -0.3 is 0 Å². The number of amides is 2. The van der Waals surface area contributed by atoms with Crippen LogP contribution in [0.15, 0.2) is 11.6 Å². The molecular weight excluding hydrogens is 158 g/mol. The summed E-state index contributed by atoms with van der Waals surface area (Å²) in [6.07, 6.45) is 1.24. The predicted molar refractivity (Wildman–Crippen MR) is 41.2 cm³/mol. The second kappa shape index (κ2) is 2.89. The van der Waals surface area contributed by atoms with Crippen LogP contribution < -0.4 is 0 Å². The lowest BCUT2D eigenvalue weighted by Gasteiger charge is -2.10. The Balaban J connectivity index is 2.77. The summed E-state index contributed by atoms with van der Waals surface area (Å²) in [6.45, 7) is 2.78. The van der Waals surface area contributed by atoms with Gasteiger partial charge >= 0.3 is 0 Å². The molecule has 0 unspecified atom stereocenters. The second-order valence-electron chi connectivity index (χ2n) is 2.76. The number of carbonyl (C=O) groups is 3. The fourth-order valence-corrected chi connectivity index (χ4v) is 1.01. The molecule has 0 N–H and O–H groups in total. The van der Waals surface area contributed by atoms with Crippen molar-refractivity contribution in [1.29, 1.82) is 0 Å². The fraction of sp³-hybridized carbons (Fsp3) is 0.375. The van der Waals surface area contributed by atoms with Gasteiger partial charge in [0.25, 0.3) is 11.8 Å². The molecule has 0 aromatic heterocycles. The molecule has 0 saturated heterocycles. The van der Waals surface area contributed by atoms with Gasteiger partial charge in [0.2, 0.25) is 0 Å². The summed E-state index contributed by atoms with van der Waals surface area (Å²) in [5, 5.41) is 0. The first kappa shape index (κ1) is 8.64. The summed E-state index contributed by atoms with van der Waals surface area (Å²) in [6, 6.07) is 0. The fourth-order valence-electron chi connectivity index (χ4n) is 1.01. The zero-order valence-electron chi connectivity index (χ0n) is 6.96. The smallest absolute Gasteiger partial charge is 0.256 e. The number of ketones is 1. The molecule has 0 fully saturated rings. The van der Waals surface area contributed by atoms with Crippen molar-refractivity contribution in [3.63, 3.8) is 0 Å². The number of rotatable bonds is 2. The minimum absolute atomic E-state index is 0.120. The van der Waals surface area contributed by atoms with Crippen LogP contribution in [0.2, 0.25) is 0 Å². The molecule has 0 radical (unpaired) electrons. The van der Waals surface area contributed by atoms with Gasteiger partial charge in [-0.05, 0) is 13.8 Å². The van der Waals surface area contributed by atoms with Crippen molar-refractivity contribution in [2.24, 2.45) is 0 Å². The minimum atomic E-state index is -0.396. The lowest BCUT2D eigenvalue weighted by molar-refractivity contribution is -0.140. The van der Waals surface area contributed by atoms with Gasteiger partial charge in [0.15, 0.2) is 0 Å². The molecule has 0 bridgehead atoms. The molecule has 2 amide bonds. The highest BCUT2D eigenvalue weighted by atomic mass is 16.2. The molecule has 1 aliphatic rings. The lowest BCUT2D eigenvalue weighted by atomic mass is 10.3. The Morgan fingerprint density at radius 2 is 2.08 bits per heavy atom. The zero-order chi connectivity index (χ0) is 9.30. The molecule has 0 atom stereocenters. The Morgan fingerprint density at radius 1 is 1.50 bits per heavy atom. The molecular formula is C8H9NO3. The number of imide groups is 1. The summed E-state index contributed by atoms with van der Waals surface area (Å²) >= 11 is 0. The summed E-state index contributed by atoms with van der Waals surface area (Å²) < 4.78 is 0. The first-order valence-electron chi connectivity index (χ1n) is 3.56. The molecule has 0 saturated carbocycles. The summed E-state index contributed by atoms with van der Waals surface area (Å²) in [5.74, 6) is -0.956. The van der Waals surface area contributed by atoms with Crippen LogP contribution in [0.4, 0.5) is 0 Å². The van der Waals surface area contributed by atoms with Crippen LogP contribution in [-0.4, -0.2) is 29.0 Å². The largest absolute Gasteiger partial charge is 0.298 e. The van der Waals surface area contributed by atoms with E-state index in [1.165, 1.54) is 13.0 Å². The van der Waals surface area contributed by atoms with Crippen LogP contribution in [0, 0.1) is 0 Å². The van der Waals surface area contributed by atoms with Crippen molar-refractivity contribution in [2.45, 2.75) is 13.8 Å². The van der Waals surface area contributed by atoms with Gasteiger partial charge in [0.05, 0.1) is 6.54 Å². The van der Waals surface area contributed by atoms with E-state index in [9.17, 15) is 14.4 Å². The Hall–Kier alpha value is -1.45. The molecule has 1 rings (SSSR count). The summed E-state index contributed by atoms with van der Waals surface area (Å²) in [4.78, 5) is 33.7. The number of Topliss-reactive ketones (excluding diaryl/α,β-unsaturated/α-hetero) is 1. The van der Waals surface area contributed by atoms with Crippen LogP contribution in [-0.2, 0) is 14.4 Å². The van der Waals surface area contributed by atoms with Crippen molar-refractivity contribution < 1.29 is 14.4 Å². The van der Waals surface area contributed by atoms with Crippen molar-refractivity contribution in [3.05, 3.63) is 11.6 Å². The summed E-state index contributed by atoms with van der Waals surface area (Å²) in [5.41, 5.74) is 0.390. The Bertz CT molecular complexity index is 291. The Morgan fingerprint density at radius 3 is 2.42 bits per heavy atom. The van der Waals surface area contributed by atoms with E-state index in [1.54, 1.807) is 6.92 Å². The van der Waals surface area contributed by atoms with Gasteiger partial charge in [-0.1, -0.05) is 0 Å². The first-order valence-corrected chi connectivity index (χ1v) is 3.56. The van der Waals surface area contributed by atoms with Gasteiger partial charge in [-0.15, -0.1) is 0 Å². The van der Waals surface area contributed by atoms with Crippen LogP contribution in [0.3, 0.4) is 0 Å². The third-order valence-corrected chi connectivity index (χ3v) is 1.57. The van der Waals surface area contributed by atoms with Crippen molar-refractivity contribution in [3.8, 4) is 0 Å². The minimum Gasteiger partial charge on any atom is -0.298 e. The van der Waals surface area contributed by atoms with Crippen molar-refractivity contribution in [1.82, 2.24) is 4.90 Å². The van der Waals surface area contributed by atoms with Crippen LogP contribution in [0.25, 0.3) is 0 Å². The van der Waals surface area contributed by atoms with Gasteiger partial charge in [-0.25, -0.2) is 0 Å². The molecule has 0 aromatic rings. The molecule has 64 valence electrons. The average Bonchev–Trinajstić information content (AvgIpc) is 2.16. The van der Waals surface area contributed by atoms with E-state index >= 15 is 0 Å². The van der Waals surface area contributed by atoms with Crippen LogP contribution in [0.1, 0.15) is 13.8 Å². The Kier molecular flexibility index (Phi) is 2.08. The van der Waals surface area contributed by atoms with Gasteiger partial charge in [0.1, 0.15) is 5.78 Å². The van der Waals surface area contributed by atoms with Crippen molar-refractivity contribution >= 4 is 17.6 Å². The normalized spacial score (nSPS) is 16.8. The second-order valence-corrected chi connectivity index (χ2v) is 2.76. The number of carbonyl (C=O) groups excluding carboxylic acids is 3. The average molecular weight is 167 g/mol. The highest BCUT2D eigenvalue weighted by Crippen LogP contribution is 2.10. The lowest BCUT2D eigenvalue weighted by Crippen LogP contribution is -2.34. The maximum absolute atomic E-state index is 11.1. The molecule has 12 heavy (non-hydrogen) atoms. The van der Waals surface area contributed by atoms with E-state index < -0.39 is 5.91 Å². The number of nitrogens with zero attached hydrogens (tertiary/aromatic N) is 1. The van der Waals surface area contributed by atoms with Crippen LogP contribution >= 0.6 is 0 Å². The maximum Gasteiger partial charge on any atom is 0.256 e. The van der Waals surface area contributed by atoms with Gasteiger partial charge in [0, 0.05) is 11.6 Å². The Labute approximate surface area is 69.8 Å². The van der Waals surface area contributed by atoms with Crippen molar-refractivity contribution in [2.75, 3.05) is 6.54 Å². The molecule has 4 nitrogen and oxygen atoms in total. The standard InChI is InChI=1S/C8H9NO3/c1-5-3-7(11)9(8(5)12)4-6(2)10/h3H,4H2,1-2H3. The maximum atomic E-state index is 11.1. The van der Waals surface area contributed by atoms with E-state index in [4.69, 9.17) is 0 Å². The predicted octanol–water partition coefficient (Wildman–Crippen LogP) is -0.109. The molecule has 0 spiro atoms. The molecule has 0 aromatic carbocycles. The van der Waals surface area contributed by atoms with E-state index in [0.29, 0.717) is 5.57 Å². The third kappa shape index (κ3) is 1.42. The van der Waals surface area contributed by atoms with Gasteiger partial charge in [-0.2, -0.15) is 0 Å². The summed E-state index contributed by atoms with van der Waals surface area (Å²) in [7, 11) is 0. The van der Waals surface area contributed by atoms with E-state index in [1.807, 2.05) is 0 Å². The SMILES string of the molecule is CC(=O)CN1C(=O)C=C(C)C1=O. The van der Waals surface area contributed by atoms with Crippen LogP contribution in [0.5, 0.6) is 0 Å². The molecule has 0 aliphatic carbocycles. The van der Waals surface area contributed by atoms with E-state index in [-0.39, 0.29) is 18.2 Å². The molecule has 4 heteroatoms. The third-order valence-electron chi connectivity index (χ3n) is 1.57. The highest BCUT2D eigenvalue weighted by Gasteiger charge is 2.28. The quantitative estimate of drug-likeness (QED) is 0.539. The van der Waals surface area contributed by atoms with Gasteiger partial charge in [-0.3, -0.25) is 19.3 Å². The number of hydrogen-bond acceptors (Lipinski definition) is 3. The number of hydrogen-bond donors (Lipinski definition) is 0. The molecule has 1 heterocycles. The molecule has 1 aliphatic heterocycles. The zero-order valence-corrected chi connectivity index (χ0v) is 6.96. The first-order chi connectivity index (χ1) is 5.52.